The Balaban J connectivity index is 1.39. The minimum Gasteiger partial charge on any atom is -0.454 e. The predicted octanol–water partition coefficient (Wildman–Crippen LogP) is 2.96. The average molecular weight is 380 g/mol. The molecule has 1 N–H and O–H groups in total. The Morgan fingerprint density at radius 1 is 1.19 bits per heavy atom. The van der Waals surface area contributed by atoms with E-state index in [-0.39, 0.29) is 0 Å². The minimum atomic E-state index is 0.290. The van der Waals surface area contributed by atoms with Crippen LogP contribution in [0.15, 0.2) is 36.9 Å². The maximum Gasteiger partial charge on any atom is 0.255 e. The third-order valence-corrected chi connectivity index (χ3v) is 5.22. The van der Waals surface area contributed by atoms with Gasteiger partial charge in [0.15, 0.2) is 11.5 Å². The van der Waals surface area contributed by atoms with Crippen molar-refractivity contribution in [1.29, 1.82) is 0 Å². The summed E-state index contributed by atoms with van der Waals surface area (Å²) in [5, 5.41) is 8.60. The first-order chi connectivity index (χ1) is 13.3. The third-order valence-electron chi connectivity index (χ3n) is 4.27. The highest BCUT2D eigenvalue weighted by Crippen LogP contribution is 2.33. The maximum atomic E-state index is 5.44. The molecule has 0 amide bonds. The molecule has 0 aliphatic carbocycles. The zero-order chi connectivity index (χ0) is 18.2. The van der Waals surface area contributed by atoms with Crippen molar-refractivity contribution in [3.05, 3.63) is 47.4 Å². The lowest BCUT2D eigenvalue weighted by Gasteiger charge is -2.09. The number of hydrogen-bond donors (Lipinski definition) is 1. The van der Waals surface area contributed by atoms with E-state index in [2.05, 4.69) is 44.4 Å². The van der Waals surface area contributed by atoms with Crippen LogP contribution in [0.4, 0.5) is 5.82 Å². The molecule has 1 aliphatic heterocycles. The summed E-state index contributed by atoms with van der Waals surface area (Å²) in [4.78, 5) is 15.3. The summed E-state index contributed by atoms with van der Waals surface area (Å²) >= 11 is 1.64. The molecule has 27 heavy (non-hydrogen) atoms. The van der Waals surface area contributed by atoms with E-state index in [4.69, 9.17) is 9.47 Å². The van der Waals surface area contributed by atoms with Crippen LogP contribution in [0.1, 0.15) is 10.4 Å². The van der Waals surface area contributed by atoms with Crippen molar-refractivity contribution in [3.63, 3.8) is 0 Å². The number of thiophene rings is 1. The molecule has 5 rings (SSSR count). The Morgan fingerprint density at radius 2 is 2.11 bits per heavy atom. The number of fused-ring (bicyclic) bond motifs is 2. The van der Waals surface area contributed by atoms with Gasteiger partial charge in [0.05, 0.1) is 5.39 Å². The van der Waals surface area contributed by atoms with Gasteiger partial charge < -0.3 is 14.8 Å². The van der Waals surface area contributed by atoms with E-state index in [9.17, 15) is 0 Å². The highest BCUT2D eigenvalue weighted by Gasteiger charge is 2.14. The van der Waals surface area contributed by atoms with Crippen molar-refractivity contribution in [3.8, 4) is 17.4 Å². The highest BCUT2D eigenvalue weighted by molar-refractivity contribution is 7.18. The molecule has 0 bridgehead atoms. The first-order valence-electron chi connectivity index (χ1n) is 8.52. The van der Waals surface area contributed by atoms with Crippen molar-refractivity contribution in [2.45, 2.75) is 13.3 Å². The van der Waals surface area contributed by atoms with Gasteiger partial charge in [-0.15, -0.1) is 11.3 Å². The molecule has 0 radical (unpaired) electrons. The molecule has 0 saturated carbocycles. The van der Waals surface area contributed by atoms with Gasteiger partial charge >= 0.3 is 0 Å². The van der Waals surface area contributed by atoms with Crippen LogP contribution in [0.5, 0.6) is 11.5 Å². The molecular formula is C18H16N6O2S. The quantitative estimate of drug-likeness (QED) is 0.569. The van der Waals surface area contributed by atoms with E-state index in [1.165, 1.54) is 16.8 Å². The first-order valence-corrected chi connectivity index (χ1v) is 9.33. The summed E-state index contributed by atoms with van der Waals surface area (Å²) in [6.45, 7) is 3.09. The molecule has 3 aromatic heterocycles. The molecule has 9 heteroatoms. The van der Waals surface area contributed by atoms with E-state index in [1.54, 1.807) is 22.3 Å². The number of aryl methyl sites for hydroxylation is 1. The number of nitrogens with one attached hydrogen (secondary N) is 1. The second-order valence-electron chi connectivity index (χ2n) is 6.15. The minimum absolute atomic E-state index is 0.290. The molecule has 4 heterocycles. The van der Waals surface area contributed by atoms with E-state index in [0.717, 1.165) is 40.5 Å². The second kappa shape index (κ2) is 6.51. The van der Waals surface area contributed by atoms with Gasteiger partial charge in [-0.2, -0.15) is 19.7 Å². The fourth-order valence-electron chi connectivity index (χ4n) is 3.00. The van der Waals surface area contributed by atoms with Crippen LogP contribution < -0.4 is 14.8 Å². The van der Waals surface area contributed by atoms with E-state index in [0.29, 0.717) is 12.7 Å². The van der Waals surface area contributed by atoms with Crippen molar-refractivity contribution >= 4 is 27.4 Å². The summed E-state index contributed by atoms with van der Waals surface area (Å²) in [5.74, 6) is 2.91. The van der Waals surface area contributed by atoms with Crippen LogP contribution >= 0.6 is 11.3 Å². The van der Waals surface area contributed by atoms with Gasteiger partial charge in [-0.05, 0) is 37.1 Å². The molecule has 0 unspecified atom stereocenters. The highest BCUT2D eigenvalue weighted by atomic mass is 32.1. The molecule has 0 fully saturated rings. The monoisotopic (exact) mass is 380 g/mol. The fourth-order valence-corrected chi connectivity index (χ4v) is 3.88. The van der Waals surface area contributed by atoms with Gasteiger partial charge in [0, 0.05) is 11.4 Å². The Morgan fingerprint density at radius 3 is 3.00 bits per heavy atom. The van der Waals surface area contributed by atoms with Crippen molar-refractivity contribution in [2.75, 3.05) is 18.7 Å². The van der Waals surface area contributed by atoms with Gasteiger partial charge in [0.1, 0.15) is 23.3 Å². The topological polar surface area (TPSA) is 87.0 Å². The van der Waals surface area contributed by atoms with Crippen molar-refractivity contribution in [1.82, 2.24) is 24.7 Å². The van der Waals surface area contributed by atoms with Gasteiger partial charge in [0.2, 0.25) is 6.79 Å². The molecule has 8 nitrogen and oxygen atoms in total. The lowest BCUT2D eigenvalue weighted by molar-refractivity contribution is 0.174. The normalized spacial score (nSPS) is 12.6. The van der Waals surface area contributed by atoms with Gasteiger partial charge in [-0.1, -0.05) is 6.07 Å². The van der Waals surface area contributed by atoms with Crippen LogP contribution in [0.25, 0.3) is 16.2 Å². The largest absolute Gasteiger partial charge is 0.454 e. The van der Waals surface area contributed by atoms with Crippen LogP contribution in [0.3, 0.4) is 0 Å². The van der Waals surface area contributed by atoms with E-state index >= 15 is 0 Å². The van der Waals surface area contributed by atoms with Crippen LogP contribution in [0.2, 0.25) is 0 Å². The SMILES string of the molecule is Cc1cc2c(NCCc3ccc4c(c3)OCO4)nc(-n3cncn3)nc2s1. The maximum absolute atomic E-state index is 5.44. The standard InChI is InChI=1S/C18H16N6O2S/c1-11-6-13-16(22-18(23-17(13)27-11)24-9-19-8-21-24)20-5-4-12-2-3-14-15(7-12)26-10-25-14/h2-3,6-9H,4-5,10H2,1H3,(H,20,22,23). The van der Waals surface area contributed by atoms with Gasteiger partial charge in [-0.25, -0.2) is 4.98 Å². The van der Waals surface area contributed by atoms with Gasteiger partial charge in [0.25, 0.3) is 5.95 Å². The zero-order valence-corrected chi connectivity index (χ0v) is 15.4. The van der Waals surface area contributed by atoms with Gasteiger partial charge in [-0.3, -0.25) is 0 Å². The molecular weight excluding hydrogens is 364 g/mol. The number of nitrogens with zero attached hydrogens (tertiary/aromatic N) is 5. The van der Waals surface area contributed by atoms with Crippen LogP contribution in [-0.2, 0) is 6.42 Å². The number of benzene rings is 1. The molecule has 0 spiro atoms. The molecule has 0 atom stereocenters. The Hall–Kier alpha value is -3.20. The number of rotatable bonds is 5. The predicted molar refractivity (Wildman–Crippen MR) is 102 cm³/mol. The fraction of sp³-hybridized carbons (Fsp3) is 0.222. The Kier molecular flexibility index (Phi) is 3.86. The zero-order valence-electron chi connectivity index (χ0n) is 14.5. The lowest BCUT2D eigenvalue weighted by Crippen LogP contribution is -2.09. The van der Waals surface area contributed by atoms with E-state index in [1.807, 2.05) is 12.1 Å². The summed E-state index contributed by atoms with van der Waals surface area (Å²) in [6, 6.07) is 8.13. The van der Waals surface area contributed by atoms with Crippen molar-refractivity contribution < 1.29 is 9.47 Å². The number of ether oxygens (including phenoxy) is 2. The molecule has 0 saturated heterocycles. The number of anilines is 1. The Bertz CT molecular complexity index is 1110. The molecule has 4 aromatic rings. The summed E-state index contributed by atoms with van der Waals surface area (Å²) in [5.41, 5.74) is 1.18. The first kappa shape index (κ1) is 16.0. The van der Waals surface area contributed by atoms with E-state index < -0.39 is 0 Å². The Labute approximate surface area is 158 Å². The second-order valence-corrected chi connectivity index (χ2v) is 7.39. The average Bonchev–Trinajstić information content (AvgIpc) is 3.41. The van der Waals surface area contributed by atoms with Crippen molar-refractivity contribution in [2.24, 2.45) is 0 Å². The molecule has 136 valence electrons. The molecule has 1 aliphatic rings. The summed E-state index contributed by atoms with van der Waals surface area (Å²) in [6.07, 6.45) is 3.90. The molecule has 1 aromatic carbocycles. The summed E-state index contributed by atoms with van der Waals surface area (Å²) in [7, 11) is 0. The summed E-state index contributed by atoms with van der Waals surface area (Å²) < 4.78 is 12.4. The third kappa shape index (κ3) is 3.06. The lowest BCUT2D eigenvalue weighted by atomic mass is 10.1. The number of hydrogen-bond acceptors (Lipinski definition) is 8. The van der Waals surface area contributed by atoms with Crippen LogP contribution in [0, 0.1) is 6.92 Å². The smallest absolute Gasteiger partial charge is 0.255 e. The number of aromatic nitrogens is 5. The van der Waals surface area contributed by atoms with Crippen LogP contribution in [-0.4, -0.2) is 38.1 Å².